The lowest BCUT2D eigenvalue weighted by molar-refractivity contribution is 0.866. The molecule has 0 aliphatic rings. The fraction of sp³-hybridized carbons (Fsp3) is 0.400. The van der Waals surface area contributed by atoms with E-state index in [-0.39, 0.29) is 0 Å². The number of nitrogens with one attached hydrogen (secondary N) is 1. The molecule has 2 aromatic rings. The highest BCUT2D eigenvalue weighted by Gasteiger charge is 2.13. The van der Waals surface area contributed by atoms with Gasteiger partial charge in [0.15, 0.2) is 5.82 Å². The molecule has 2 aromatic heterocycles. The number of anilines is 1. The van der Waals surface area contributed by atoms with Gasteiger partial charge in [-0.15, -0.1) is 0 Å². The number of pyridine rings is 1. The molecule has 0 fully saturated rings. The second-order valence-electron chi connectivity index (χ2n) is 4.63. The lowest BCUT2D eigenvalue weighted by atomic mass is 10.1. The first kappa shape index (κ1) is 15.2. The summed E-state index contributed by atoms with van der Waals surface area (Å²) in [4.78, 5) is 13.6. The Morgan fingerprint density at radius 3 is 2.70 bits per heavy atom. The number of aromatic nitrogens is 3. The highest BCUT2D eigenvalue weighted by Crippen LogP contribution is 2.26. The normalized spacial score (nSPS) is 10.6. The molecule has 0 atom stereocenters. The summed E-state index contributed by atoms with van der Waals surface area (Å²) in [6.07, 6.45) is 5.68. The molecule has 20 heavy (non-hydrogen) atoms. The average Bonchev–Trinajstić information content (AvgIpc) is 2.44. The Labute approximate surface area is 133 Å². The number of rotatable bonds is 5. The number of halogens is 1. The van der Waals surface area contributed by atoms with Crippen molar-refractivity contribution in [1.82, 2.24) is 15.0 Å². The second kappa shape index (κ2) is 6.97. The molecule has 0 saturated carbocycles. The van der Waals surface area contributed by atoms with Gasteiger partial charge >= 0.3 is 0 Å². The average molecular weight is 382 g/mol. The minimum absolute atomic E-state index is 0.782. The van der Waals surface area contributed by atoms with E-state index in [1.54, 1.807) is 6.20 Å². The van der Waals surface area contributed by atoms with Crippen molar-refractivity contribution in [2.75, 3.05) is 11.9 Å². The fourth-order valence-corrected chi connectivity index (χ4v) is 2.73. The zero-order chi connectivity index (χ0) is 14.5. The van der Waals surface area contributed by atoms with Gasteiger partial charge in [0.25, 0.3) is 0 Å². The van der Waals surface area contributed by atoms with Crippen LogP contribution in [-0.4, -0.2) is 21.5 Å². The first-order chi connectivity index (χ1) is 9.67. The predicted molar refractivity (Wildman–Crippen MR) is 90.9 cm³/mol. The largest absolute Gasteiger partial charge is 0.369 e. The summed E-state index contributed by atoms with van der Waals surface area (Å²) in [5.74, 6) is 1.71. The standard InChI is InChI=1S/C15H19IN4/c1-4-6-12-13(16)15(18-5-2)20-14(19-12)11-7-8-17-9-10(11)3/h7-9H,4-6H2,1-3H3,(H,18,19,20). The van der Waals surface area contributed by atoms with Crippen LogP contribution >= 0.6 is 22.6 Å². The van der Waals surface area contributed by atoms with Gasteiger partial charge in [-0.05, 0) is 54.5 Å². The molecule has 0 bridgehead atoms. The zero-order valence-electron chi connectivity index (χ0n) is 12.1. The van der Waals surface area contributed by atoms with Gasteiger partial charge in [0.2, 0.25) is 0 Å². The van der Waals surface area contributed by atoms with E-state index in [0.717, 1.165) is 51.4 Å². The molecule has 0 radical (unpaired) electrons. The van der Waals surface area contributed by atoms with Crippen LogP contribution < -0.4 is 5.32 Å². The number of aryl methyl sites for hydroxylation is 2. The molecule has 1 N–H and O–H groups in total. The molecule has 4 nitrogen and oxygen atoms in total. The van der Waals surface area contributed by atoms with Crippen molar-refractivity contribution in [2.24, 2.45) is 0 Å². The van der Waals surface area contributed by atoms with Crippen molar-refractivity contribution in [2.45, 2.75) is 33.6 Å². The highest BCUT2D eigenvalue weighted by molar-refractivity contribution is 14.1. The van der Waals surface area contributed by atoms with Gasteiger partial charge < -0.3 is 5.32 Å². The Bertz CT molecular complexity index is 571. The Hall–Kier alpha value is -1.24. The van der Waals surface area contributed by atoms with Crippen molar-refractivity contribution in [3.63, 3.8) is 0 Å². The Morgan fingerprint density at radius 2 is 2.05 bits per heavy atom. The van der Waals surface area contributed by atoms with Crippen molar-refractivity contribution in [3.05, 3.63) is 33.3 Å². The SMILES string of the molecule is CCCc1nc(-c2ccncc2C)nc(NCC)c1I. The van der Waals surface area contributed by atoms with Gasteiger partial charge in [-0.3, -0.25) is 4.98 Å². The van der Waals surface area contributed by atoms with Gasteiger partial charge in [-0.2, -0.15) is 0 Å². The first-order valence-electron chi connectivity index (χ1n) is 6.88. The van der Waals surface area contributed by atoms with E-state index < -0.39 is 0 Å². The van der Waals surface area contributed by atoms with E-state index >= 15 is 0 Å². The Balaban J connectivity index is 2.56. The molecule has 0 amide bonds. The minimum Gasteiger partial charge on any atom is -0.369 e. The summed E-state index contributed by atoms with van der Waals surface area (Å²) in [6.45, 7) is 7.14. The van der Waals surface area contributed by atoms with Crippen molar-refractivity contribution < 1.29 is 0 Å². The van der Waals surface area contributed by atoms with Gasteiger partial charge in [-0.25, -0.2) is 9.97 Å². The van der Waals surface area contributed by atoms with Crippen molar-refractivity contribution in [3.8, 4) is 11.4 Å². The van der Waals surface area contributed by atoms with E-state index in [2.05, 4.69) is 51.7 Å². The maximum Gasteiger partial charge on any atom is 0.162 e. The van der Waals surface area contributed by atoms with Crippen LogP contribution in [0.5, 0.6) is 0 Å². The summed E-state index contributed by atoms with van der Waals surface area (Å²) in [7, 11) is 0. The predicted octanol–water partition coefficient (Wildman–Crippen LogP) is 3.84. The Morgan fingerprint density at radius 1 is 1.25 bits per heavy atom. The van der Waals surface area contributed by atoms with E-state index in [1.807, 2.05) is 19.2 Å². The van der Waals surface area contributed by atoms with Gasteiger partial charge in [0.1, 0.15) is 5.82 Å². The zero-order valence-corrected chi connectivity index (χ0v) is 14.2. The van der Waals surface area contributed by atoms with E-state index in [4.69, 9.17) is 4.98 Å². The van der Waals surface area contributed by atoms with Gasteiger partial charge in [0, 0.05) is 24.5 Å². The molecule has 0 aliphatic heterocycles. The van der Waals surface area contributed by atoms with Crippen LogP contribution in [0.1, 0.15) is 31.5 Å². The molecule has 2 rings (SSSR count). The summed E-state index contributed by atoms with van der Waals surface area (Å²) >= 11 is 2.33. The summed E-state index contributed by atoms with van der Waals surface area (Å²) in [5, 5.41) is 3.33. The number of hydrogen-bond acceptors (Lipinski definition) is 4. The van der Waals surface area contributed by atoms with Gasteiger partial charge in [-0.1, -0.05) is 13.3 Å². The van der Waals surface area contributed by atoms with Gasteiger partial charge in [0.05, 0.1) is 9.26 Å². The van der Waals surface area contributed by atoms with Crippen LogP contribution in [0.2, 0.25) is 0 Å². The molecular formula is C15H19IN4. The lowest BCUT2D eigenvalue weighted by Gasteiger charge is -2.12. The third kappa shape index (κ3) is 3.26. The minimum atomic E-state index is 0.782. The van der Waals surface area contributed by atoms with Crippen molar-refractivity contribution >= 4 is 28.4 Å². The van der Waals surface area contributed by atoms with E-state index in [9.17, 15) is 0 Å². The third-order valence-electron chi connectivity index (χ3n) is 3.01. The monoisotopic (exact) mass is 382 g/mol. The highest BCUT2D eigenvalue weighted by atomic mass is 127. The number of hydrogen-bond donors (Lipinski definition) is 1. The lowest BCUT2D eigenvalue weighted by Crippen LogP contribution is -2.08. The molecule has 0 unspecified atom stereocenters. The molecule has 0 spiro atoms. The molecule has 2 heterocycles. The Kier molecular flexibility index (Phi) is 5.28. The summed E-state index contributed by atoms with van der Waals surface area (Å²) in [6, 6.07) is 1.98. The smallest absolute Gasteiger partial charge is 0.162 e. The third-order valence-corrected chi connectivity index (χ3v) is 4.15. The molecule has 0 aromatic carbocycles. The van der Waals surface area contributed by atoms with Crippen LogP contribution in [0.25, 0.3) is 11.4 Å². The molecule has 106 valence electrons. The van der Waals surface area contributed by atoms with Crippen molar-refractivity contribution in [1.29, 1.82) is 0 Å². The van der Waals surface area contributed by atoms with Crippen LogP contribution in [0.15, 0.2) is 18.5 Å². The molecule has 0 aliphatic carbocycles. The van der Waals surface area contributed by atoms with E-state index in [1.165, 1.54) is 0 Å². The summed E-state index contributed by atoms with van der Waals surface area (Å²) < 4.78 is 1.13. The fourth-order valence-electron chi connectivity index (χ4n) is 2.03. The van der Waals surface area contributed by atoms with Crippen LogP contribution in [0.3, 0.4) is 0 Å². The van der Waals surface area contributed by atoms with Crippen LogP contribution in [-0.2, 0) is 6.42 Å². The molecule has 0 saturated heterocycles. The first-order valence-corrected chi connectivity index (χ1v) is 7.96. The second-order valence-corrected chi connectivity index (χ2v) is 5.71. The van der Waals surface area contributed by atoms with E-state index in [0.29, 0.717) is 0 Å². The summed E-state index contributed by atoms with van der Waals surface area (Å²) in [5.41, 5.74) is 3.26. The maximum atomic E-state index is 4.75. The topological polar surface area (TPSA) is 50.7 Å². The van der Waals surface area contributed by atoms with Crippen LogP contribution in [0.4, 0.5) is 5.82 Å². The number of nitrogens with zero attached hydrogens (tertiary/aromatic N) is 3. The quantitative estimate of drug-likeness (QED) is 0.799. The maximum absolute atomic E-state index is 4.75. The molecular weight excluding hydrogens is 363 g/mol. The molecule has 5 heteroatoms. The van der Waals surface area contributed by atoms with Crippen LogP contribution in [0, 0.1) is 10.5 Å².